The van der Waals surface area contributed by atoms with Crippen molar-refractivity contribution in [2.24, 2.45) is 10.3 Å². The van der Waals surface area contributed by atoms with Crippen LogP contribution >= 0.6 is 0 Å². The van der Waals surface area contributed by atoms with E-state index in [1.165, 1.54) is 0 Å². The molecule has 66 valence electrons. The molecule has 0 spiro atoms. The molecule has 0 aliphatic heterocycles. The van der Waals surface area contributed by atoms with E-state index >= 15 is 0 Å². The largest absolute Gasteiger partial charge is 0.551 e. The fraction of sp³-hybridized carbons (Fsp3) is 0. The third-order valence-electron chi connectivity index (χ3n) is 0. The molecule has 0 aromatic heterocycles. The van der Waals surface area contributed by atoms with Gasteiger partial charge in [-0.1, -0.05) is 0 Å². The van der Waals surface area contributed by atoms with Crippen molar-refractivity contribution in [2.45, 2.75) is 0 Å². The van der Waals surface area contributed by atoms with Gasteiger partial charge >= 0.3 is 0 Å². The van der Waals surface area contributed by atoms with Crippen LogP contribution in [0, 0.1) is 0 Å². The predicted molar refractivity (Wildman–Crippen MR) is 34.9 cm³/mol. The minimum Gasteiger partial charge on any atom is -0.551 e. The molecular weight excluding hydrogens is 451 g/mol. The van der Waals surface area contributed by atoms with E-state index < -0.39 is 20.4 Å². The Balaban J connectivity index is -0.000000107. The molecule has 0 saturated heterocycles. The fourth-order valence-electron chi connectivity index (χ4n) is 0. The van der Waals surface area contributed by atoms with Gasteiger partial charge in [-0.2, -0.15) is 0 Å². The Morgan fingerprint density at radius 1 is 0.818 bits per heavy atom. The summed E-state index contributed by atoms with van der Waals surface area (Å²) in [5.41, 5.74) is 0. The summed E-state index contributed by atoms with van der Waals surface area (Å²) in [7, 11) is -7.83. The van der Waals surface area contributed by atoms with Crippen molar-refractivity contribution in [3.8, 4) is 0 Å². The third-order valence-corrected chi connectivity index (χ3v) is 0. The van der Waals surface area contributed by atoms with Crippen LogP contribution in [0.15, 0.2) is 0 Å². The van der Waals surface area contributed by atoms with E-state index in [-0.39, 0.29) is 0 Å². The van der Waals surface area contributed by atoms with Crippen molar-refractivity contribution in [1.82, 2.24) is 0 Å². The standard InChI is InChI=1S/2H3N2O2S.Rf/c2*1-5(2,3)4;/h2*(H3-,1,2,3,4);/q2*-1;. The monoisotopic (exact) mass is 457 g/mol. The Morgan fingerprint density at radius 2 is 0.818 bits per heavy atom. The maximum Gasteiger partial charge on any atom is 0.129 e. The number of nitrogens with two attached hydrogens (primary N) is 2. The summed E-state index contributed by atoms with van der Waals surface area (Å²) in [5, 5.41) is 19.4. The van der Waals surface area contributed by atoms with Crippen LogP contribution in [0.3, 0.4) is 0 Å². The summed E-state index contributed by atoms with van der Waals surface area (Å²) < 4.78 is 36.3. The van der Waals surface area contributed by atoms with Crippen LogP contribution < -0.4 is 10.3 Å². The van der Waals surface area contributed by atoms with Crippen molar-refractivity contribution >= 4 is 20.4 Å². The first-order valence-corrected chi connectivity index (χ1v) is 4.64. The Hall–Kier alpha value is -1.26. The van der Waals surface area contributed by atoms with Crippen LogP contribution in [-0.4, -0.2) is 16.8 Å². The molecule has 8 nitrogen and oxygen atoms in total. The van der Waals surface area contributed by atoms with Crippen LogP contribution in [-0.2, 0) is 20.4 Å². The SMILES string of the molecule is [NH-]S(N)(=O)=O.[NH-]S(N)(=O)=O.[Rf]. The van der Waals surface area contributed by atoms with E-state index in [1.807, 2.05) is 0 Å². The molecule has 0 saturated carbocycles. The van der Waals surface area contributed by atoms with E-state index in [4.69, 9.17) is 27.1 Å². The molecule has 0 aliphatic carbocycles. The van der Waals surface area contributed by atoms with Crippen LogP contribution in [0.4, 0.5) is 0 Å². The summed E-state index contributed by atoms with van der Waals surface area (Å²) in [6.45, 7) is 0. The molecule has 6 N–H and O–H groups in total. The zero-order valence-corrected chi connectivity index (χ0v) is 13.3. The predicted octanol–water partition coefficient (Wildman–Crippen LogP) is -1.52. The third kappa shape index (κ3) is 250. The van der Waals surface area contributed by atoms with Crippen LogP contribution in [0.5, 0.6) is 0 Å². The quantitative estimate of drug-likeness (QED) is 0.451. The molecular formula is H6N4O4RfS2-2. The average molecular weight is 457 g/mol. The molecule has 0 rings (SSSR count). The van der Waals surface area contributed by atoms with Gasteiger partial charge in [0.25, 0.3) is 0 Å². The van der Waals surface area contributed by atoms with Crippen LogP contribution in [0.25, 0.3) is 10.3 Å². The summed E-state index contributed by atoms with van der Waals surface area (Å²) in [5.74, 6) is 0. The maximum atomic E-state index is 9.08. The summed E-state index contributed by atoms with van der Waals surface area (Å²) in [6.07, 6.45) is 0. The molecule has 0 radical (unpaired) electrons. The van der Waals surface area contributed by atoms with E-state index in [1.54, 1.807) is 0 Å². The van der Waals surface area contributed by atoms with E-state index in [0.717, 1.165) is 0 Å². The topological polar surface area (TPSA) is 168 Å². The Morgan fingerprint density at radius 3 is 0.818 bits per heavy atom. The first-order valence-electron chi connectivity index (χ1n) is 1.55. The molecule has 0 heterocycles. The molecule has 0 amide bonds. The zero-order chi connectivity index (χ0) is 9.00. The van der Waals surface area contributed by atoms with Crippen molar-refractivity contribution in [1.29, 1.82) is 0 Å². The van der Waals surface area contributed by atoms with Crippen molar-refractivity contribution < 1.29 is 16.8 Å². The Bertz CT molecular complexity index is 216. The van der Waals surface area contributed by atoms with Gasteiger partial charge in [-0.25, -0.2) is 27.1 Å². The maximum absolute atomic E-state index is 9.08. The smallest absolute Gasteiger partial charge is 0.129 e. The Kier molecular flexibility index (Phi) is 6.76. The van der Waals surface area contributed by atoms with Crippen molar-refractivity contribution in [3.05, 3.63) is 10.3 Å². The van der Waals surface area contributed by atoms with E-state index in [9.17, 15) is 0 Å². The van der Waals surface area contributed by atoms with Gasteiger partial charge in [-0.15, -0.1) is 0 Å². The van der Waals surface area contributed by atoms with Crippen LogP contribution in [0.2, 0.25) is 0 Å². The zero-order valence-electron chi connectivity index (χ0n) is 5.31. The second-order valence-electron chi connectivity index (χ2n) is 1.09. The summed E-state index contributed by atoms with van der Waals surface area (Å²) >= 11 is 0. The number of rotatable bonds is 0. The fourth-order valence-corrected chi connectivity index (χ4v) is 0. The van der Waals surface area contributed by atoms with Gasteiger partial charge in [-0.3, -0.25) is 0 Å². The second-order valence-corrected chi connectivity index (χ2v) is 3.27. The van der Waals surface area contributed by atoms with Gasteiger partial charge in [0.15, 0.2) is 0 Å². The average Bonchev–Trinajstić information content (AvgIpc) is 1.12. The summed E-state index contributed by atoms with van der Waals surface area (Å²) in [6, 6.07) is 0. The molecule has 0 aromatic rings. The van der Waals surface area contributed by atoms with Gasteiger partial charge in [0, 0.05) is 0 Å². The van der Waals surface area contributed by atoms with Crippen molar-refractivity contribution in [2.75, 3.05) is 0 Å². The first kappa shape index (κ1) is 16.4. The van der Waals surface area contributed by atoms with Gasteiger partial charge < -0.3 is 10.3 Å². The van der Waals surface area contributed by atoms with Crippen LogP contribution in [0.1, 0.15) is 0 Å². The molecule has 11 heavy (non-hydrogen) atoms. The number of hydrogen-bond acceptors (Lipinski definition) is 4. The molecule has 0 atom stereocenters. The molecule has 0 fully saturated rings. The molecule has 0 bridgehead atoms. The molecule has 0 aliphatic rings. The van der Waals surface area contributed by atoms with E-state index in [2.05, 4.69) is 10.3 Å². The van der Waals surface area contributed by atoms with Gasteiger partial charge in [0.1, 0.15) is 20.4 Å². The van der Waals surface area contributed by atoms with Gasteiger partial charge in [-0.05, 0) is 0 Å². The summed E-state index contributed by atoms with van der Waals surface area (Å²) in [4.78, 5) is 0. The Labute approximate surface area is 58.5 Å². The minimum absolute atomic E-state index is 0. The van der Waals surface area contributed by atoms with Crippen molar-refractivity contribution in [3.63, 3.8) is 0 Å². The second kappa shape index (κ2) is 4.54. The normalized spacial score (nSPS) is 10.5. The number of nitrogens with one attached hydrogen (secondary N) is 2. The molecule has 11 heteroatoms. The molecule has 0 aromatic carbocycles. The van der Waals surface area contributed by atoms with Gasteiger partial charge in [0.05, 0.1) is 0 Å². The molecule has 0 unspecified atom stereocenters. The first-order chi connectivity index (χ1) is 4.00. The van der Waals surface area contributed by atoms with E-state index in [0.29, 0.717) is 0 Å². The van der Waals surface area contributed by atoms with Gasteiger partial charge in [0.2, 0.25) is 0 Å². The number of hydrogen-bond donors (Lipinski definition) is 2. The minimum atomic E-state index is -3.92.